The van der Waals surface area contributed by atoms with Crippen molar-refractivity contribution >= 4 is 11.8 Å². The summed E-state index contributed by atoms with van der Waals surface area (Å²) < 4.78 is 13.9. The molecular weight excluding hydrogens is 209 g/mol. The van der Waals surface area contributed by atoms with Gasteiger partial charge in [0.15, 0.2) is 0 Å². The zero-order valence-electron chi connectivity index (χ0n) is 9.14. The van der Waals surface area contributed by atoms with Gasteiger partial charge in [-0.05, 0) is 44.7 Å². The number of hydrogen-bond acceptors (Lipinski definition) is 2. The number of rotatable bonds is 2. The lowest BCUT2D eigenvalue weighted by atomic mass is 9.90. The highest BCUT2D eigenvalue weighted by molar-refractivity contribution is 7.98. The van der Waals surface area contributed by atoms with Gasteiger partial charge < -0.3 is 5.32 Å². The molecule has 15 heavy (non-hydrogen) atoms. The molecule has 0 bridgehead atoms. The normalized spacial score (nSPS) is 25.8. The van der Waals surface area contributed by atoms with E-state index in [2.05, 4.69) is 12.2 Å². The molecule has 0 saturated carbocycles. The van der Waals surface area contributed by atoms with Crippen LogP contribution in [0.3, 0.4) is 0 Å². The lowest BCUT2D eigenvalue weighted by Gasteiger charge is -2.27. The van der Waals surface area contributed by atoms with E-state index in [0.717, 1.165) is 29.8 Å². The van der Waals surface area contributed by atoms with Crippen molar-refractivity contribution in [3.63, 3.8) is 0 Å². The average molecular weight is 225 g/mol. The molecule has 0 aromatic heterocycles. The Balaban J connectivity index is 2.49. The average Bonchev–Trinajstić information content (AvgIpc) is 2.65. The molecule has 82 valence electrons. The highest BCUT2D eigenvalue weighted by Crippen LogP contribution is 2.37. The van der Waals surface area contributed by atoms with Crippen LogP contribution < -0.4 is 5.32 Å². The van der Waals surface area contributed by atoms with Crippen LogP contribution in [0.25, 0.3) is 0 Å². The van der Waals surface area contributed by atoms with Gasteiger partial charge in [-0.1, -0.05) is 6.07 Å². The number of thioether (sulfide) groups is 1. The van der Waals surface area contributed by atoms with E-state index in [9.17, 15) is 4.39 Å². The smallest absolute Gasteiger partial charge is 0.129 e. The van der Waals surface area contributed by atoms with Crippen LogP contribution in [0.1, 0.15) is 25.3 Å². The van der Waals surface area contributed by atoms with E-state index in [4.69, 9.17) is 0 Å². The van der Waals surface area contributed by atoms with Gasteiger partial charge in [-0.2, -0.15) is 0 Å². The van der Waals surface area contributed by atoms with Crippen LogP contribution in [0.4, 0.5) is 4.39 Å². The molecule has 1 aliphatic rings. The quantitative estimate of drug-likeness (QED) is 0.776. The van der Waals surface area contributed by atoms with E-state index in [1.807, 2.05) is 12.3 Å². The van der Waals surface area contributed by atoms with Gasteiger partial charge in [-0.15, -0.1) is 11.8 Å². The number of hydrogen-bond donors (Lipinski definition) is 1. The van der Waals surface area contributed by atoms with E-state index >= 15 is 0 Å². The summed E-state index contributed by atoms with van der Waals surface area (Å²) in [5.41, 5.74) is 0.666. The second kappa shape index (κ2) is 4.14. The van der Waals surface area contributed by atoms with Crippen molar-refractivity contribution in [3.8, 4) is 0 Å². The minimum absolute atomic E-state index is 0.0845. The van der Waals surface area contributed by atoms with Crippen molar-refractivity contribution in [2.75, 3.05) is 12.8 Å². The van der Waals surface area contributed by atoms with Gasteiger partial charge in [-0.3, -0.25) is 0 Å². The Morgan fingerprint density at radius 3 is 2.87 bits per heavy atom. The predicted molar refractivity (Wildman–Crippen MR) is 62.8 cm³/mol. The Morgan fingerprint density at radius 1 is 1.47 bits per heavy atom. The van der Waals surface area contributed by atoms with Gasteiger partial charge in [0.1, 0.15) is 5.82 Å². The Bertz CT molecular complexity index is 359. The molecule has 0 aliphatic carbocycles. The molecule has 0 radical (unpaired) electrons. The highest BCUT2D eigenvalue weighted by atomic mass is 32.2. The molecule has 1 aliphatic heterocycles. The third-order valence-electron chi connectivity index (χ3n) is 3.12. The summed E-state index contributed by atoms with van der Waals surface area (Å²) >= 11 is 1.61. The van der Waals surface area contributed by atoms with Crippen molar-refractivity contribution in [1.29, 1.82) is 0 Å². The van der Waals surface area contributed by atoms with Crippen LogP contribution in [0.5, 0.6) is 0 Å². The maximum absolute atomic E-state index is 13.9. The van der Waals surface area contributed by atoms with E-state index < -0.39 is 0 Å². The van der Waals surface area contributed by atoms with Crippen LogP contribution in [-0.4, -0.2) is 12.8 Å². The fraction of sp³-hybridized carbons (Fsp3) is 0.500. The van der Waals surface area contributed by atoms with E-state index in [0.29, 0.717) is 0 Å². The van der Waals surface area contributed by atoms with Crippen LogP contribution in [0.2, 0.25) is 0 Å². The van der Waals surface area contributed by atoms with Crippen molar-refractivity contribution in [2.45, 2.75) is 30.2 Å². The van der Waals surface area contributed by atoms with E-state index in [-0.39, 0.29) is 11.4 Å². The maximum atomic E-state index is 13.9. The third-order valence-corrected chi connectivity index (χ3v) is 3.90. The summed E-state index contributed by atoms with van der Waals surface area (Å²) in [6.45, 7) is 3.08. The predicted octanol–water partition coefficient (Wildman–Crippen LogP) is 3.15. The SMILES string of the molecule is CSc1cccc(F)c1C1(C)CCCN1. The highest BCUT2D eigenvalue weighted by Gasteiger charge is 2.34. The van der Waals surface area contributed by atoms with Gasteiger partial charge in [0.2, 0.25) is 0 Å². The van der Waals surface area contributed by atoms with Gasteiger partial charge in [0.05, 0.1) is 0 Å². The van der Waals surface area contributed by atoms with E-state index in [1.54, 1.807) is 23.9 Å². The summed E-state index contributed by atoms with van der Waals surface area (Å²) in [6.07, 6.45) is 4.14. The van der Waals surface area contributed by atoms with Gasteiger partial charge in [0.25, 0.3) is 0 Å². The van der Waals surface area contributed by atoms with Crippen LogP contribution in [0, 0.1) is 5.82 Å². The monoisotopic (exact) mass is 225 g/mol. The van der Waals surface area contributed by atoms with Crippen molar-refractivity contribution in [2.24, 2.45) is 0 Å². The standard InChI is InChI=1S/C12H16FNS/c1-12(7-4-8-14-12)11-9(13)5-3-6-10(11)15-2/h3,5-6,14H,4,7-8H2,1-2H3. The molecule has 0 spiro atoms. The van der Waals surface area contributed by atoms with Gasteiger partial charge in [0, 0.05) is 16.0 Å². The molecule has 3 heteroatoms. The summed E-state index contributed by atoms with van der Waals surface area (Å²) in [5, 5.41) is 3.41. The molecule has 1 unspecified atom stereocenters. The van der Waals surface area contributed by atoms with Crippen LogP contribution >= 0.6 is 11.8 Å². The Hall–Kier alpha value is -0.540. The molecule has 1 fully saturated rings. The summed E-state index contributed by atoms with van der Waals surface area (Å²) in [4.78, 5) is 1.05. The Labute approximate surface area is 94.5 Å². The molecule has 1 heterocycles. The first-order valence-corrected chi connectivity index (χ1v) is 6.48. The lowest BCUT2D eigenvalue weighted by molar-refractivity contribution is 0.402. The molecule has 1 saturated heterocycles. The van der Waals surface area contributed by atoms with Crippen molar-refractivity contribution in [3.05, 3.63) is 29.6 Å². The van der Waals surface area contributed by atoms with Crippen molar-refractivity contribution in [1.82, 2.24) is 5.32 Å². The van der Waals surface area contributed by atoms with Crippen molar-refractivity contribution < 1.29 is 4.39 Å². The molecule has 1 aromatic rings. The fourth-order valence-electron chi connectivity index (χ4n) is 2.32. The first-order chi connectivity index (χ1) is 7.17. The molecule has 1 nitrogen and oxygen atoms in total. The Morgan fingerprint density at radius 2 is 2.27 bits per heavy atom. The lowest BCUT2D eigenvalue weighted by Crippen LogP contribution is -2.34. The van der Waals surface area contributed by atoms with Gasteiger partial charge in [-0.25, -0.2) is 4.39 Å². The molecule has 1 N–H and O–H groups in total. The van der Waals surface area contributed by atoms with Gasteiger partial charge >= 0.3 is 0 Å². The fourth-order valence-corrected chi connectivity index (χ4v) is 3.06. The van der Waals surface area contributed by atoms with Crippen LogP contribution in [-0.2, 0) is 5.54 Å². The summed E-state index contributed by atoms with van der Waals surface area (Å²) in [6, 6.07) is 5.33. The number of halogens is 1. The molecular formula is C12H16FNS. The maximum Gasteiger partial charge on any atom is 0.129 e. The number of nitrogens with one attached hydrogen (secondary N) is 1. The minimum Gasteiger partial charge on any atom is -0.307 e. The minimum atomic E-state index is -0.177. The topological polar surface area (TPSA) is 12.0 Å². The Kier molecular flexibility index (Phi) is 3.03. The first-order valence-electron chi connectivity index (χ1n) is 5.25. The number of benzene rings is 1. The third kappa shape index (κ3) is 1.91. The zero-order valence-corrected chi connectivity index (χ0v) is 9.96. The second-order valence-electron chi connectivity index (χ2n) is 4.18. The molecule has 0 amide bonds. The van der Waals surface area contributed by atoms with Crippen LogP contribution in [0.15, 0.2) is 23.1 Å². The summed E-state index contributed by atoms with van der Waals surface area (Å²) in [7, 11) is 0. The second-order valence-corrected chi connectivity index (χ2v) is 5.03. The first kappa shape index (κ1) is 11.0. The largest absolute Gasteiger partial charge is 0.307 e. The molecule has 1 atom stereocenters. The molecule has 2 rings (SSSR count). The zero-order chi connectivity index (χ0) is 10.9. The van der Waals surface area contributed by atoms with E-state index in [1.165, 1.54) is 0 Å². The molecule has 1 aromatic carbocycles. The summed E-state index contributed by atoms with van der Waals surface area (Å²) in [5.74, 6) is -0.0845.